The van der Waals surface area contributed by atoms with E-state index in [1.165, 1.54) is 77.0 Å². The van der Waals surface area contributed by atoms with Crippen LogP contribution in [0.25, 0.3) is 0 Å². The molecule has 2 N–H and O–H groups in total. The Balaban J connectivity index is 4.69. The van der Waals surface area contributed by atoms with E-state index in [9.17, 15) is 28.9 Å². The summed E-state index contributed by atoms with van der Waals surface area (Å²) in [5, 5.41) is 9.82. The van der Waals surface area contributed by atoms with Crippen molar-refractivity contribution >= 4 is 25.7 Å². The highest BCUT2D eigenvalue weighted by Crippen LogP contribution is 2.43. The molecule has 0 aromatic heterocycles. The van der Waals surface area contributed by atoms with Crippen molar-refractivity contribution in [2.45, 2.75) is 277 Å². The molecule has 12 heteroatoms. The number of aliphatic hydroxyl groups is 1. The number of phosphoric acid groups is 1. The van der Waals surface area contributed by atoms with Crippen LogP contribution >= 0.6 is 7.82 Å². The zero-order chi connectivity index (χ0) is 54.1. The maximum absolute atomic E-state index is 12.9. The van der Waals surface area contributed by atoms with Gasteiger partial charge in [0.15, 0.2) is 6.10 Å². The van der Waals surface area contributed by atoms with Gasteiger partial charge in [-0.05, 0) is 109 Å². The van der Waals surface area contributed by atoms with Crippen LogP contribution in [0, 0.1) is 0 Å². The summed E-state index contributed by atoms with van der Waals surface area (Å²) in [6.45, 7) is 4.53. The second kappa shape index (κ2) is 56.1. The summed E-state index contributed by atoms with van der Waals surface area (Å²) in [5.41, 5.74) is 0. The summed E-state index contributed by atoms with van der Waals surface area (Å²) in [5.74, 6) is -1.49. The van der Waals surface area contributed by atoms with Gasteiger partial charge in [0.05, 0.1) is 19.8 Å². The fourth-order valence-corrected chi connectivity index (χ4v) is 8.75. The van der Waals surface area contributed by atoms with Gasteiger partial charge < -0.3 is 24.2 Å². The molecule has 0 bridgehead atoms. The van der Waals surface area contributed by atoms with E-state index in [1.54, 1.807) is 0 Å². The van der Waals surface area contributed by atoms with Crippen molar-refractivity contribution in [2.24, 2.45) is 0 Å². The Labute approximate surface area is 452 Å². The Morgan fingerprint density at radius 1 is 0.378 bits per heavy atom. The van der Waals surface area contributed by atoms with Crippen LogP contribution in [0.2, 0.25) is 0 Å². The first kappa shape index (κ1) is 70.9. The Kier molecular flexibility index (Phi) is 53.8. The second-order valence-corrected chi connectivity index (χ2v) is 21.3. The molecule has 0 heterocycles. The topological polar surface area (TPSA) is 155 Å². The van der Waals surface area contributed by atoms with Crippen LogP contribution in [0.5, 0.6) is 0 Å². The fraction of sp³-hybridized carbons (Fsp3) is 0.758. The van der Waals surface area contributed by atoms with E-state index >= 15 is 0 Å². The highest BCUT2D eigenvalue weighted by Gasteiger charge is 2.28. The van der Waals surface area contributed by atoms with E-state index in [0.717, 1.165) is 128 Å². The van der Waals surface area contributed by atoms with E-state index in [0.29, 0.717) is 19.3 Å². The Hall–Kier alpha value is -3.08. The number of carbonyl (C=O) groups excluding carboxylic acids is 3. The van der Waals surface area contributed by atoms with Gasteiger partial charge in [-0.2, -0.15) is 0 Å². The summed E-state index contributed by atoms with van der Waals surface area (Å²) < 4.78 is 39.5. The number of allylic oxidation sites excluding steroid dienone is 12. The standard InChI is InChI=1S/C62H109O11P/c1-4-7-10-13-16-19-22-24-26-28-29-31-33-35-38-41-44-47-50-53-62(66)73-59(55-69-60(64)51-48-45-42-39-36-21-18-15-12-9-6-3)57-71-74(67,68)70-56-58(54-63)72-61(65)52-49-46-43-40-37-34-32-30-27-25-23-20-17-14-11-8-5-2/h15-20,24-27,29,31,58-59,63H,4-14,21-23,28,30,32-57H2,1-3H3,(H,67,68)/b18-15-,19-16-,20-17-,26-24-,27-25-,31-29-. The van der Waals surface area contributed by atoms with Gasteiger partial charge in [0, 0.05) is 19.3 Å². The number of esters is 3. The lowest BCUT2D eigenvalue weighted by Crippen LogP contribution is -2.30. The van der Waals surface area contributed by atoms with Crippen LogP contribution in [-0.2, 0) is 42.2 Å². The highest BCUT2D eigenvalue weighted by atomic mass is 31.2. The molecule has 0 saturated heterocycles. The predicted molar refractivity (Wildman–Crippen MR) is 307 cm³/mol. The molecule has 0 aliphatic carbocycles. The monoisotopic (exact) mass is 1060 g/mol. The van der Waals surface area contributed by atoms with E-state index in [2.05, 4.69) is 93.7 Å². The van der Waals surface area contributed by atoms with Gasteiger partial charge in [-0.15, -0.1) is 0 Å². The SMILES string of the molecule is CCCC/C=C\CCCCCCCC(=O)OCC(COP(=O)(O)OCC(CO)OC(=O)CCCCCCCCC/C=C\C/C=C\CCCCC)OC(=O)CCCCCCCC/C=C\C/C=C\C/C=C\CCCCC. The first-order valence-electron chi connectivity index (χ1n) is 29.8. The molecule has 0 amide bonds. The molecule has 0 radical (unpaired) electrons. The van der Waals surface area contributed by atoms with Crippen LogP contribution in [0.1, 0.15) is 265 Å². The number of aliphatic hydroxyl groups excluding tert-OH is 1. The molecule has 428 valence electrons. The molecule has 74 heavy (non-hydrogen) atoms. The third-order valence-electron chi connectivity index (χ3n) is 12.6. The third kappa shape index (κ3) is 53.7. The minimum Gasteiger partial charge on any atom is -0.462 e. The summed E-state index contributed by atoms with van der Waals surface area (Å²) in [7, 11) is -4.76. The van der Waals surface area contributed by atoms with Gasteiger partial charge >= 0.3 is 25.7 Å². The molecule has 0 aliphatic heterocycles. The molecular weight excluding hydrogens is 952 g/mol. The molecule has 0 rings (SSSR count). The fourth-order valence-electron chi connectivity index (χ4n) is 7.96. The Morgan fingerprint density at radius 3 is 1.07 bits per heavy atom. The molecule has 3 unspecified atom stereocenters. The van der Waals surface area contributed by atoms with Crippen LogP contribution in [-0.4, -0.2) is 66.5 Å². The lowest BCUT2D eigenvalue weighted by Gasteiger charge is -2.21. The number of carbonyl (C=O) groups is 3. The minimum absolute atomic E-state index is 0.149. The first-order valence-corrected chi connectivity index (χ1v) is 31.3. The van der Waals surface area contributed by atoms with Crippen molar-refractivity contribution < 1.29 is 52.2 Å². The predicted octanol–water partition coefficient (Wildman–Crippen LogP) is 17.7. The molecule has 0 aromatic rings. The van der Waals surface area contributed by atoms with Gasteiger partial charge in [-0.1, -0.05) is 209 Å². The number of hydrogen-bond donors (Lipinski definition) is 2. The smallest absolute Gasteiger partial charge is 0.462 e. The number of phosphoric ester groups is 1. The average molecular weight is 1060 g/mol. The molecular formula is C62H109O11P. The van der Waals surface area contributed by atoms with E-state index in [-0.39, 0.29) is 25.9 Å². The molecule has 0 spiro atoms. The Bertz CT molecular complexity index is 1520. The molecule has 3 atom stereocenters. The van der Waals surface area contributed by atoms with Crippen molar-refractivity contribution in [3.8, 4) is 0 Å². The van der Waals surface area contributed by atoms with Gasteiger partial charge in [0.2, 0.25) is 0 Å². The van der Waals surface area contributed by atoms with Gasteiger partial charge in [-0.3, -0.25) is 23.4 Å². The van der Waals surface area contributed by atoms with Gasteiger partial charge in [0.1, 0.15) is 12.7 Å². The van der Waals surface area contributed by atoms with E-state index in [1.807, 2.05) is 0 Å². The summed E-state index contributed by atoms with van der Waals surface area (Å²) in [6.07, 6.45) is 62.8. The van der Waals surface area contributed by atoms with Crippen LogP contribution in [0.4, 0.5) is 0 Å². The summed E-state index contributed by atoms with van der Waals surface area (Å²) in [6, 6.07) is 0. The molecule has 11 nitrogen and oxygen atoms in total. The third-order valence-corrected chi connectivity index (χ3v) is 13.5. The van der Waals surface area contributed by atoms with Gasteiger partial charge in [-0.25, -0.2) is 4.57 Å². The molecule has 0 saturated carbocycles. The lowest BCUT2D eigenvalue weighted by atomic mass is 10.1. The largest absolute Gasteiger partial charge is 0.472 e. The maximum atomic E-state index is 12.9. The number of unbranched alkanes of at least 4 members (excludes halogenated alkanes) is 26. The zero-order valence-corrected chi connectivity index (χ0v) is 48.2. The molecule has 0 fully saturated rings. The normalized spacial score (nSPS) is 13.9. The van der Waals surface area contributed by atoms with Gasteiger partial charge in [0.25, 0.3) is 0 Å². The average Bonchev–Trinajstić information content (AvgIpc) is 3.39. The van der Waals surface area contributed by atoms with E-state index < -0.39 is 57.8 Å². The summed E-state index contributed by atoms with van der Waals surface area (Å²) in [4.78, 5) is 48.5. The quantitative estimate of drug-likeness (QED) is 0.0197. The molecule has 0 aliphatic rings. The van der Waals surface area contributed by atoms with E-state index in [4.69, 9.17) is 23.3 Å². The van der Waals surface area contributed by atoms with Crippen LogP contribution in [0.3, 0.4) is 0 Å². The number of ether oxygens (including phenoxy) is 3. The minimum atomic E-state index is -4.76. The van der Waals surface area contributed by atoms with Crippen LogP contribution < -0.4 is 0 Å². The highest BCUT2D eigenvalue weighted by molar-refractivity contribution is 7.47. The number of hydrogen-bond acceptors (Lipinski definition) is 10. The van der Waals surface area contributed by atoms with Crippen molar-refractivity contribution in [1.82, 2.24) is 0 Å². The summed E-state index contributed by atoms with van der Waals surface area (Å²) >= 11 is 0. The van der Waals surface area contributed by atoms with Crippen LogP contribution in [0.15, 0.2) is 72.9 Å². The van der Waals surface area contributed by atoms with Crippen molar-refractivity contribution in [3.63, 3.8) is 0 Å². The van der Waals surface area contributed by atoms with Crippen molar-refractivity contribution in [3.05, 3.63) is 72.9 Å². The zero-order valence-electron chi connectivity index (χ0n) is 47.3. The molecule has 0 aromatic carbocycles. The van der Waals surface area contributed by atoms with Crippen molar-refractivity contribution in [1.29, 1.82) is 0 Å². The van der Waals surface area contributed by atoms with Crippen molar-refractivity contribution in [2.75, 3.05) is 26.4 Å². The lowest BCUT2D eigenvalue weighted by molar-refractivity contribution is -0.161. The second-order valence-electron chi connectivity index (χ2n) is 19.8. The maximum Gasteiger partial charge on any atom is 0.472 e. The number of rotatable bonds is 55. The first-order chi connectivity index (χ1) is 36.2. The Morgan fingerprint density at radius 2 is 0.676 bits per heavy atom.